The van der Waals surface area contributed by atoms with Gasteiger partial charge in [-0.25, -0.2) is 9.07 Å². The molecule has 1 aromatic heterocycles. The van der Waals surface area contributed by atoms with E-state index in [0.29, 0.717) is 23.1 Å². The lowest BCUT2D eigenvalue weighted by atomic mass is 9.97. The summed E-state index contributed by atoms with van der Waals surface area (Å²) in [5.74, 6) is 6.11. The molecule has 0 radical (unpaired) electrons. The van der Waals surface area contributed by atoms with Crippen LogP contribution in [-0.2, 0) is 4.79 Å². The summed E-state index contributed by atoms with van der Waals surface area (Å²) in [6.45, 7) is 0.648. The third kappa shape index (κ3) is 4.85. The van der Waals surface area contributed by atoms with Gasteiger partial charge in [0.15, 0.2) is 5.82 Å². The van der Waals surface area contributed by atoms with E-state index >= 15 is 0 Å². The van der Waals surface area contributed by atoms with E-state index in [-0.39, 0.29) is 17.5 Å². The Balaban J connectivity index is 1.48. The van der Waals surface area contributed by atoms with Gasteiger partial charge in [-0.1, -0.05) is 35.5 Å². The largest absolute Gasteiger partial charge is 0.355 e. The summed E-state index contributed by atoms with van der Waals surface area (Å²) in [4.78, 5) is 12.0. The van der Waals surface area contributed by atoms with Crippen molar-refractivity contribution in [1.82, 2.24) is 20.2 Å². The Morgan fingerprint density at radius 2 is 2.23 bits per heavy atom. The first kappa shape index (κ1) is 18.4. The minimum atomic E-state index is -0.368. The minimum Gasteiger partial charge on any atom is -0.355 e. The molecule has 3 rings (SSSR count). The first-order valence-electron chi connectivity index (χ1n) is 8.67. The summed E-state index contributed by atoms with van der Waals surface area (Å²) < 4.78 is 14.6. The summed E-state index contributed by atoms with van der Waals surface area (Å²) in [5, 5.41) is 11.3. The van der Waals surface area contributed by atoms with Gasteiger partial charge in [-0.3, -0.25) is 4.79 Å². The molecule has 1 heterocycles. The Morgan fingerprint density at radius 1 is 1.35 bits per heavy atom. The average Bonchev–Trinajstić information content (AvgIpc) is 3.01. The molecule has 8 heteroatoms. The summed E-state index contributed by atoms with van der Waals surface area (Å²) in [6, 6.07) is 5.98. The van der Waals surface area contributed by atoms with Crippen molar-refractivity contribution < 1.29 is 9.18 Å². The number of carbonyl (C=O) groups is 1. The molecule has 0 fully saturated rings. The molecule has 2 aromatic rings. The Bertz CT molecular complexity index is 805. The highest BCUT2D eigenvalue weighted by atomic mass is 32.2. The number of amides is 1. The van der Waals surface area contributed by atoms with Crippen molar-refractivity contribution in [2.75, 3.05) is 18.1 Å². The fourth-order valence-electron chi connectivity index (χ4n) is 2.88. The number of nitrogens with zero attached hydrogens (tertiary/aromatic N) is 3. The van der Waals surface area contributed by atoms with Crippen LogP contribution in [0.4, 0.5) is 4.39 Å². The van der Waals surface area contributed by atoms with Gasteiger partial charge in [0, 0.05) is 12.1 Å². The van der Waals surface area contributed by atoms with Crippen LogP contribution in [0.2, 0.25) is 0 Å². The molecule has 0 saturated carbocycles. The second-order valence-electron chi connectivity index (χ2n) is 6.18. The van der Waals surface area contributed by atoms with Gasteiger partial charge in [-0.2, -0.15) is 0 Å². The zero-order valence-corrected chi connectivity index (χ0v) is 15.3. The van der Waals surface area contributed by atoms with Crippen LogP contribution in [0.3, 0.4) is 0 Å². The molecule has 26 heavy (non-hydrogen) atoms. The van der Waals surface area contributed by atoms with E-state index in [1.54, 1.807) is 12.1 Å². The molecule has 0 saturated heterocycles. The molecule has 0 unspecified atom stereocenters. The van der Waals surface area contributed by atoms with Crippen molar-refractivity contribution in [3.8, 4) is 11.4 Å². The highest BCUT2D eigenvalue weighted by Gasteiger charge is 2.14. The second-order valence-corrected chi connectivity index (χ2v) is 7.13. The summed E-state index contributed by atoms with van der Waals surface area (Å²) in [5.41, 5.74) is 1.97. The molecule has 0 aliphatic heterocycles. The van der Waals surface area contributed by atoms with Gasteiger partial charge >= 0.3 is 0 Å². The second kappa shape index (κ2) is 8.84. The number of nitrogens with one attached hydrogen (secondary N) is 1. The fourth-order valence-corrected chi connectivity index (χ4v) is 3.56. The normalized spacial score (nSPS) is 14.1. The van der Waals surface area contributed by atoms with Gasteiger partial charge in [0.05, 0.1) is 5.75 Å². The van der Waals surface area contributed by atoms with Crippen LogP contribution in [-0.4, -0.2) is 33.1 Å². The smallest absolute Gasteiger partial charge is 0.230 e. The molecule has 1 aliphatic rings. The van der Waals surface area contributed by atoms with Crippen molar-refractivity contribution in [3.63, 3.8) is 0 Å². The third-order valence-corrected chi connectivity index (χ3v) is 5.18. The molecule has 6 nitrogen and oxygen atoms in total. The molecule has 1 amide bonds. The van der Waals surface area contributed by atoms with Crippen LogP contribution in [0.15, 0.2) is 41.1 Å². The first-order chi connectivity index (χ1) is 12.6. The fraction of sp³-hybridized carbons (Fsp3) is 0.389. The van der Waals surface area contributed by atoms with Gasteiger partial charge in [0.2, 0.25) is 11.1 Å². The van der Waals surface area contributed by atoms with E-state index in [2.05, 4.69) is 21.6 Å². The maximum absolute atomic E-state index is 13.3. The predicted octanol–water partition coefficient (Wildman–Crippen LogP) is 2.90. The number of hydrogen-bond acceptors (Lipinski definition) is 5. The maximum atomic E-state index is 13.3. The highest BCUT2D eigenvalue weighted by Crippen LogP contribution is 2.22. The number of hydrogen-bond donors (Lipinski definition) is 2. The predicted molar refractivity (Wildman–Crippen MR) is 100 cm³/mol. The van der Waals surface area contributed by atoms with Gasteiger partial charge in [0.25, 0.3) is 0 Å². The van der Waals surface area contributed by atoms with Crippen LogP contribution in [0, 0.1) is 5.82 Å². The molecule has 0 atom stereocenters. The standard InChI is InChI=1S/C18H22FN5OS/c19-15-8-4-7-14(11-15)17-22-23-18(24(17)20)26-12-16(25)21-10-9-13-5-2-1-3-6-13/h4-5,7-8,11H,1-3,6,9-10,12,20H2,(H,21,25). The minimum absolute atomic E-state index is 0.0679. The van der Waals surface area contributed by atoms with E-state index in [4.69, 9.17) is 5.84 Å². The average molecular weight is 375 g/mol. The first-order valence-corrected chi connectivity index (χ1v) is 9.66. The van der Waals surface area contributed by atoms with Crippen LogP contribution in [0.1, 0.15) is 32.1 Å². The lowest BCUT2D eigenvalue weighted by Crippen LogP contribution is -2.27. The molecular formula is C18H22FN5OS. The molecule has 138 valence electrons. The number of rotatable bonds is 7. The summed E-state index contributed by atoms with van der Waals surface area (Å²) in [7, 11) is 0. The van der Waals surface area contributed by atoms with Crippen molar-refractivity contribution in [1.29, 1.82) is 0 Å². The molecule has 0 spiro atoms. The van der Waals surface area contributed by atoms with Crippen LogP contribution < -0.4 is 11.2 Å². The number of nitrogen functional groups attached to an aromatic ring is 1. The topological polar surface area (TPSA) is 85.8 Å². The zero-order chi connectivity index (χ0) is 18.4. The van der Waals surface area contributed by atoms with E-state index < -0.39 is 0 Å². The molecule has 1 aromatic carbocycles. The number of benzene rings is 1. The lowest BCUT2D eigenvalue weighted by molar-refractivity contribution is -0.118. The number of thioether (sulfide) groups is 1. The van der Waals surface area contributed by atoms with E-state index in [1.165, 1.54) is 47.0 Å². The van der Waals surface area contributed by atoms with Gasteiger partial charge in [0.1, 0.15) is 5.82 Å². The maximum Gasteiger partial charge on any atom is 0.230 e. The highest BCUT2D eigenvalue weighted by molar-refractivity contribution is 7.99. The van der Waals surface area contributed by atoms with Crippen LogP contribution >= 0.6 is 11.8 Å². The number of halogens is 1. The molecule has 3 N–H and O–H groups in total. The van der Waals surface area contributed by atoms with Crippen molar-refractivity contribution >= 4 is 17.7 Å². The quantitative estimate of drug-likeness (QED) is 0.441. The number of carbonyl (C=O) groups excluding carboxylic acids is 1. The Morgan fingerprint density at radius 3 is 3.00 bits per heavy atom. The number of nitrogens with two attached hydrogens (primary N) is 1. The van der Waals surface area contributed by atoms with Crippen molar-refractivity contribution in [2.24, 2.45) is 0 Å². The Hall–Kier alpha value is -2.35. The number of allylic oxidation sites excluding steroid dienone is 1. The lowest BCUT2D eigenvalue weighted by Gasteiger charge is -2.12. The summed E-state index contributed by atoms with van der Waals surface area (Å²) >= 11 is 1.20. The van der Waals surface area contributed by atoms with Crippen LogP contribution in [0.5, 0.6) is 0 Å². The molecule has 1 aliphatic carbocycles. The van der Waals surface area contributed by atoms with Gasteiger partial charge < -0.3 is 11.2 Å². The van der Waals surface area contributed by atoms with E-state index in [9.17, 15) is 9.18 Å². The van der Waals surface area contributed by atoms with Gasteiger partial charge in [-0.15, -0.1) is 10.2 Å². The zero-order valence-electron chi connectivity index (χ0n) is 14.4. The molecular weight excluding hydrogens is 353 g/mol. The molecule has 0 bridgehead atoms. The van der Waals surface area contributed by atoms with E-state index in [1.807, 2.05) is 0 Å². The van der Waals surface area contributed by atoms with Gasteiger partial charge in [-0.05, 0) is 44.2 Å². The van der Waals surface area contributed by atoms with Crippen LogP contribution in [0.25, 0.3) is 11.4 Å². The monoisotopic (exact) mass is 375 g/mol. The number of aromatic nitrogens is 3. The third-order valence-electron chi connectivity index (χ3n) is 4.23. The van der Waals surface area contributed by atoms with E-state index in [0.717, 1.165) is 19.3 Å². The van der Waals surface area contributed by atoms with Crippen molar-refractivity contribution in [3.05, 3.63) is 41.7 Å². The Kier molecular flexibility index (Phi) is 6.27. The summed E-state index contributed by atoms with van der Waals surface area (Å²) in [6.07, 6.45) is 8.00. The Labute approximate surface area is 156 Å². The SMILES string of the molecule is Nn1c(SCC(=O)NCCC2=CCCCC2)nnc1-c1cccc(F)c1. The van der Waals surface area contributed by atoms with Crippen molar-refractivity contribution in [2.45, 2.75) is 37.3 Å².